The van der Waals surface area contributed by atoms with Crippen molar-refractivity contribution in [1.82, 2.24) is 8.96 Å². The fourth-order valence-corrected chi connectivity index (χ4v) is 5.42. The van der Waals surface area contributed by atoms with E-state index in [1.165, 1.54) is 34.6 Å². The lowest BCUT2D eigenvalue weighted by Crippen LogP contribution is -2.17. The minimum absolute atomic E-state index is 0.0858. The number of hydrogen-bond donors (Lipinski definition) is 1. The number of fused-ring (bicyclic) bond motifs is 1. The van der Waals surface area contributed by atoms with Crippen LogP contribution in [-0.2, 0) is 16.4 Å². The van der Waals surface area contributed by atoms with Crippen molar-refractivity contribution in [3.05, 3.63) is 84.1 Å². The molecule has 0 atom stereocenters. The van der Waals surface area contributed by atoms with Gasteiger partial charge in [-0.25, -0.2) is 17.4 Å². The smallest absolute Gasteiger partial charge is 0.268 e. The summed E-state index contributed by atoms with van der Waals surface area (Å²) in [6, 6.07) is 14.4. The summed E-state index contributed by atoms with van der Waals surface area (Å²) in [7, 11) is -3.97. The molecule has 1 amide bonds. The molecule has 2 N–H and O–H groups in total. The normalized spacial score (nSPS) is 14.0. The Bertz CT molecular complexity index is 1460. The van der Waals surface area contributed by atoms with E-state index in [2.05, 4.69) is 4.98 Å². The number of carbonyl (C=O) groups excluding carboxylic acids is 1. The number of aromatic nitrogens is 2. The van der Waals surface area contributed by atoms with E-state index in [-0.39, 0.29) is 4.90 Å². The Balaban J connectivity index is 1.67. The molecule has 6 nitrogen and oxygen atoms in total. The molecule has 0 aliphatic heterocycles. The van der Waals surface area contributed by atoms with E-state index < -0.39 is 21.9 Å². The fourth-order valence-electron chi connectivity index (χ4n) is 4.00. The van der Waals surface area contributed by atoms with Gasteiger partial charge >= 0.3 is 0 Å². The topological polar surface area (TPSA) is 95.0 Å². The number of para-hydroxylation sites is 1. The third-order valence-electron chi connectivity index (χ3n) is 5.82. The summed E-state index contributed by atoms with van der Waals surface area (Å²) >= 11 is 0. The molecule has 1 aliphatic carbocycles. The maximum absolute atomic E-state index is 13.7. The Kier molecular flexibility index (Phi) is 4.82. The van der Waals surface area contributed by atoms with Gasteiger partial charge in [0.1, 0.15) is 0 Å². The maximum Gasteiger partial charge on any atom is 0.268 e. The Labute approximate surface area is 184 Å². The SMILES string of the molecule is NC(=O)c1ccc(S(=O)(=O)n2cc(-c3ccc(F)nc3)c3ccccc32)cc1CC1CC1. The highest BCUT2D eigenvalue weighted by molar-refractivity contribution is 7.90. The van der Waals surface area contributed by atoms with E-state index in [9.17, 15) is 17.6 Å². The average molecular weight is 450 g/mol. The van der Waals surface area contributed by atoms with Crippen LogP contribution in [0.15, 0.2) is 71.9 Å². The number of pyridine rings is 1. The highest BCUT2D eigenvalue weighted by Gasteiger charge is 2.27. The summed E-state index contributed by atoms with van der Waals surface area (Å²) in [6.45, 7) is 0. The summed E-state index contributed by atoms with van der Waals surface area (Å²) in [4.78, 5) is 15.6. The first kappa shape index (κ1) is 20.4. The Morgan fingerprint density at radius 2 is 1.91 bits per heavy atom. The number of carbonyl (C=O) groups is 1. The predicted octanol–water partition coefficient (Wildman–Crippen LogP) is 4.13. The van der Waals surface area contributed by atoms with Gasteiger partial charge < -0.3 is 5.73 Å². The third kappa shape index (κ3) is 3.56. The number of halogens is 1. The van der Waals surface area contributed by atoms with E-state index >= 15 is 0 Å². The molecule has 0 unspecified atom stereocenters. The van der Waals surface area contributed by atoms with Gasteiger partial charge in [0, 0.05) is 34.5 Å². The van der Waals surface area contributed by atoms with Gasteiger partial charge in [-0.1, -0.05) is 18.2 Å². The summed E-state index contributed by atoms with van der Waals surface area (Å²) < 4.78 is 41.8. The van der Waals surface area contributed by atoms with E-state index in [1.54, 1.807) is 24.3 Å². The molecule has 5 rings (SSSR count). The van der Waals surface area contributed by atoms with Crippen LogP contribution in [0.25, 0.3) is 22.0 Å². The number of hydrogen-bond acceptors (Lipinski definition) is 4. The fraction of sp³-hybridized carbons (Fsp3) is 0.167. The zero-order valence-corrected chi connectivity index (χ0v) is 17.8. The van der Waals surface area contributed by atoms with E-state index in [1.807, 2.05) is 12.1 Å². The van der Waals surface area contributed by atoms with Crippen LogP contribution >= 0.6 is 0 Å². The Morgan fingerprint density at radius 1 is 1.12 bits per heavy atom. The molecule has 1 aliphatic rings. The standard InChI is InChI=1S/C24H20FN3O3S/c25-23-10-7-16(13-27-23)21-14-28(22-4-2-1-3-20(21)22)32(30,31)18-8-9-19(24(26)29)17(12-18)11-15-5-6-15/h1-4,7-10,12-15H,5-6,11H2,(H2,26,29). The van der Waals surface area contributed by atoms with Crippen molar-refractivity contribution in [2.45, 2.75) is 24.2 Å². The lowest BCUT2D eigenvalue weighted by atomic mass is 10.0. The van der Waals surface area contributed by atoms with Crippen LogP contribution in [-0.4, -0.2) is 23.3 Å². The van der Waals surface area contributed by atoms with Gasteiger partial charge in [0.15, 0.2) is 0 Å². The van der Waals surface area contributed by atoms with Crippen LogP contribution in [0, 0.1) is 11.9 Å². The van der Waals surface area contributed by atoms with Crippen LogP contribution in [0.1, 0.15) is 28.8 Å². The van der Waals surface area contributed by atoms with Crippen LogP contribution in [0.2, 0.25) is 0 Å². The van der Waals surface area contributed by atoms with Gasteiger partial charge in [-0.3, -0.25) is 4.79 Å². The maximum atomic E-state index is 13.7. The third-order valence-corrected chi connectivity index (χ3v) is 7.49. The van der Waals surface area contributed by atoms with Crippen molar-refractivity contribution in [3.8, 4) is 11.1 Å². The quantitative estimate of drug-likeness (QED) is 0.448. The molecule has 4 aromatic rings. The van der Waals surface area contributed by atoms with E-state index in [0.29, 0.717) is 45.5 Å². The first-order valence-corrected chi connectivity index (χ1v) is 11.7. The van der Waals surface area contributed by atoms with Gasteiger partial charge in [0.25, 0.3) is 10.0 Å². The van der Waals surface area contributed by atoms with Crippen molar-refractivity contribution >= 4 is 26.8 Å². The number of benzene rings is 2. The molecular formula is C24H20FN3O3S. The molecule has 1 fully saturated rings. The van der Waals surface area contributed by atoms with E-state index in [4.69, 9.17) is 5.73 Å². The molecule has 32 heavy (non-hydrogen) atoms. The molecule has 162 valence electrons. The largest absolute Gasteiger partial charge is 0.366 e. The monoisotopic (exact) mass is 449 g/mol. The zero-order chi connectivity index (χ0) is 22.5. The molecule has 0 bridgehead atoms. The van der Waals surface area contributed by atoms with Gasteiger partial charge in [-0.15, -0.1) is 0 Å². The van der Waals surface area contributed by atoms with Crippen LogP contribution in [0.4, 0.5) is 4.39 Å². The molecule has 0 spiro atoms. The van der Waals surface area contributed by atoms with Crippen molar-refractivity contribution in [2.75, 3.05) is 0 Å². The second kappa shape index (κ2) is 7.56. The molecule has 8 heteroatoms. The zero-order valence-electron chi connectivity index (χ0n) is 17.0. The van der Waals surface area contributed by atoms with Gasteiger partial charge in [0.05, 0.1) is 10.4 Å². The molecule has 2 aromatic heterocycles. The van der Waals surface area contributed by atoms with Crippen LogP contribution in [0.5, 0.6) is 0 Å². The van der Waals surface area contributed by atoms with Gasteiger partial charge in [-0.05, 0) is 67.1 Å². The predicted molar refractivity (Wildman–Crippen MR) is 119 cm³/mol. The first-order valence-electron chi connectivity index (χ1n) is 10.2. The second-order valence-electron chi connectivity index (χ2n) is 8.06. The summed E-state index contributed by atoms with van der Waals surface area (Å²) in [5, 5.41) is 0.705. The molecule has 0 saturated heterocycles. The minimum atomic E-state index is -3.97. The van der Waals surface area contributed by atoms with Gasteiger partial charge in [0.2, 0.25) is 11.9 Å². The number of amides is 1. The van der Waals surface area contributed by atoms with Crippen LogP contribution < -0.4 is 5.73 Å². The first-order chi connectivity index (χ1) is 15.3. The number of nitrogens with zero attached hydrogens (tertiary/aromatic N) is 2. The number of primary amides is 1. The Hall–Kier alpha value is -3.52. The number of rotatable bonds is 6. The summed E-state index contributed by atoms with van der Waals surface area (Å²) in [5.41, 5.74) is 8.24. The molecular weight excluding hydrogens is 429 g/mol. The minimum Gasteiger partial charge on any atom is -0.366 e. The van der Waals surface area contributed by atoms with Crippen molar-refractivity contribution in [1.29, 1.82) is 0 Å². The van der Waals surface area contributed by atoms with Crippen LogP contribution in [0.3, 0.4) is 0 Å². The summed E-state index contributed by atoms with van der Waals surface area (Å²) in [5.74, 6) is -0.721. The van der Waals surface area contributed by atoms with Gasteiger partial charge in [-0.2, -0.15) is 4.39 Å². The Morgan fingerprint density at radius 3 is 2.59 bits per heavy atom. The van der Waals surface area contributed by atoms with Crippen molar-refractivity contribution in [2.24, 2.45) is 11.7 Å². The highest BCUT2D eigenvalue weighted by Crippen LogP contribution is 2.36. The molecule has 1 saturated carbocycles. The van der Waals surface area contributed by atoms with E-state index in [0.717, 1.165) is 12.8 Å². The lowest BCUT2D eigenvalue weighted by Gasteiger charge is -2.12. The average Bonchev–Trinajstić information content (AvgIpc) is 3.50. The van der Waals surface area contributed by atoms with Crippen molar-refractivity contribution < 1.29 is 17.6 Å². The molecule has 0 radical (unpaired) electrons. The lowest BCUT2D eigenvalue weighted by molar-refractivity contribution is 0.0999. The summed E-state index contributed by atoms with van der Waals surface area (Å²) in [6.07, 6.45) is 5.65. The second-order valence-corrected chi connectivity index (χ2v) is 9.88. The highest BCUT2D eigenvalue weighted by atomic mass is 32.2. The van der Waals surface area contributed by atoms with Crippen molar-refractivity contribution in [3.63, 3.8) is 0 Å². The number of nitrogens with two attached hydrogens (primary N) is 1. The molecule has 2 heterocycles. The molecule has 2 aromatic carbocycles.